The molecule has 0 radical (unpaired) electrons. The Labute approximate surface area is 135 Å². The lowest BCUT2D eigenvalue weighted by Gasteiger charge is -2.18. The van der Waals surface area contributed by atoms with Crippen molar-refractivity contribution in [3.63, 3.8) is 0 Å². The van der Waals surface area contributed by atoms with Crippen LogP contribution in [0.5, 0.6) is 0 Å². The first-order valence-corrected chi connectivity index (χ1v) is 8.43. The Morgan fingerprint density at radius 3 is 2.22 bits per heavy atom. The molecule has 0 bridgehead atoms. The van der Waals surface area contributed by atoms with Gasteiger partial charge in [0.2, 0.25) is 10.0 Å². The Morgan fingerprint density at radius 2 is 1.70 bits per heavy atom. The summed E-state index contributed by atoms with van der Waals surface area (Å²) in [4.78, 5) is 10.3. The number of rotatable bonds is 5. The molecule has 2 rings (SSSR count). The van der Waals surface area contributed by atoms with Gasteiger partial charge in [-0.25, -0.2) is 8.42 Å². The van der Waals surface area contributed by atoms with Crippen molar-refractivity contribution in [2.45, 2.75) is 25.3 Å². The molecule has 0 N–H and O–H groups in total. The molecule has 0 saturated heterocycles. The zero-order valence-electron chi connectivity index (χ0n) is 13.2. The fraction of sp³-hybridized carbons (Fsp3) is 0.250. The summed E-state index contributed by atoms with van der Waals surface area (Å²) in [5, 5.41) is 10.8. The van der Waals surface area contributed by atoms with Crippen molar-refractivity contribution < 1.29 is 13.3 Å². The van der Waals surface area contributed by atoms with Crippen molar-refractivity contribution in [3.05, 3.63) is 69.3 Å². The smallest absolute Gasteiger partial charge is 0.258 e. The van der Waals surface area contributed by atoms with E-state index < -0.39 is 14.9 Å². The summed E-state index contributed by atoms with van der Waals surface area (Å²) >= 11 is 0. The monoisotopic (exact) mass is 334 g/mol. The van der Waals surface area contributed by atoms with Gasteiger partial charge in [0.25, 0.3) is 5.69 Å². The van der Waals surface area contributed by atoms with Crippen molar-refractivity contribution in [3.8, 4) is 0 Å². The van der Waals surface area contributed by atoms with Gasteiger partial charge in [0.15, 0.2) is 0 Å². The molecule has 0 saturated carbocycles. The zero-order chi connectivity index (χ0) is 17.2. The van der Waals surface area contributed by atoms with E-state index in [1.54, 1.807) is 6.92 Å². The van der Waals surface area contributed by atoms with Crippen LogP contribution in [0.4, 0.5) is 5.69 Å². The molecule has 0 amide bonds. The predicted octanol–water partition coefficient (Wildman–Crippen LogP) is 3.03. The van der Waals surface area contributed by atoms with E-state index in [2.05, 4.69) is 0 Å². The molecule has 0 atom stereocenters. The second kappa shape index (κ2) is 6.47. The Morgan fingerprint density at radius 1 is 1.09 bits per heavy atom. The molecule has 2 aromatic rings. The summed E-state index contributed by atoms with van der Waals surface area (Å²) in [6, 6.07) is 11.4. The van der Waals surface area contributed by atoms with Crippen LogP contribution in [0.1, 0.15) is 16.7 Å². The third-order valence-corrected chi connectivity index (χ3v) is 5.55. The van der Waals surface area contributed by atoms with Gasteiger partial charge in [-0.3, -0.25) is 10.1 Å². The molecule has 0 aliphatic carbocycles. The van der Waals surface area contributed by atoms with Gasteiger partial charge in [-0.1, -0.05) is 29.8 Å². The quantitative estimate of drug-likeness (QED) is 0.622. The third-order valence-electron chi connectivity index (χ3n) is 3.58. The number of benzene rings is 2. The van der Waals surface area contributed by atoms with Crippen LogP contribution in [0.25, 0.3) is 0 Å². The fourth-order valence-corrected chi connectivity index (χ4v) is 3.60. The van der Waals surface area contributed by atoms with Crippen LogP contribution < -0.4 is 0 Å². The van der Waals surface area contributed by atoms with E-state index in [-0.39, 0.29) is 17.1 Å². The number of hydrogen-bond acceptors (Lipinski definition) is 4. The molecule has 0 heterocycles. The van der Waals surface area contributed by atoms with E-state index in [9.17, 15) is 18.5 Å². The second-order valence-corrected chi connectivity index (χ2v) is 7.47. The van der Waals surface area contributed by atoms with E-state index in [1.807, 2.05) is 31.2 Å². The molecule has 122 valence electrons. The molecule has 0 aliphatic rings. The Kier molecular flexibility index (Phi) is 4.82. The molecule has 0 aliphatic heterocycles. The van der Waals surface area contributed by atoms with Gasteiger partial charge in [-0.2, -0.15) is 4.31 Å². The molecule has 0 aromatic heterocycles. The van der Waals surface area contributed by atoms with Crippen LogP contribution in [0.15, 0.2) is 47.4 Å². The summed E-state index contributed by atoms with van der Waals surface area (Å²) in [6.07, 6.45) is 0. The maximum absolute atomic E-state index is 12.7. The average molecular weight is 334 g/mol. The largest absolute Gasteiger partial charge is 0.269 e. The Bertz CT molecular complexity index is 830. The van der Waals surface area contributed by atoms with Gasteiger partial charge in [0, 0.05) is 25.7 Å². The highest BCUT2D eigenvalue weighted by Gasteiger charge is 2.24. The fourth-order valence-electron chi connectivity index (χ4n) is 2.24. The third kappa shape index (κ3) is 3.75. The zero-order valence-corrected chi connectivity index (χ0v) is 14.0. The summed E-state index contributed by atoms with van der Waals surface area (Å²) in [5.41, 5.74) is 2.21. The Balaban J connectivity index is 2.30. The lowest BCUT2D eigenvalue weighted by molar-refractivity contribution is -0.385. The average Bonchev–Trinajstić information content (AvgIpc) is 2.49. The van der Waals surface area contributed by atoms with Gasteiger partial charge in [-0.05, 0) is 31.0 Å². The van der Waals surface area contributed by atoms with Crippen LogP contribution in [0.3, 0.4) is 0 Å². The minimum atomic E-state index is -3.71. The van der Waals surface area contributed by atoms with Gasteiger partial charge in [0.05, 0.1) is 9.82 Å². The number of nitro groups is 1. The van der Waals surface area contributed by atoms with Crippen LogP contribution >= 0.6 is 0 Å². The molecule has 0 unspecified atom stereocenters. The molecular weight excluding hydrogens is 316 g/mol. The highest BCUT2D eigenvalue weighted by Crippen LogP contribution is 2.24. The van der Waals surface area contributed by atoms with Crippen molar-refractivity contribution >= 4 is 15.7 Å². The Hall–Kier alpha value is -2.25. The topological polar surface area (TPSA) is 80.5 Å². The first-order chi connectivity index (χ1) is 10.7. The molecular formula is C16H18N2O4S. The standard InChI is InChI=1S/C16H18N2O4S/c1-12-4-6-14(7-5-12)11-17(3)23(21,22)16-9-8-15(18(19)20)10-13(16)2/h4-10H,11H2,1-3H3. The number of hydrogen-bond donors (Lipinski definition) is 0. The van der Waals surface area contributed by atoms with Crippen molar-refractivity contribution in [2.24, 2.45) is 0 Å². The summed E-state index contributed by atoms with van der Waals surface area (Å²) in [6.45, 7) is 3.75. The molecule has 7 heteroatoms. The minimum absolute atomic E-state index is 0.0812. The van der Waals surface area contributed by atoms with Crippen LogP contribution in [-0.4, -0.2) is 24.7 Å². The highest BCUT2D eigenvalue weighted by atomic mass is 32.2. The van der Waals surface area contributed by atoms with Crippen LogP contribution in [0.2, 0.25) is 0 Å². The number of nitro benzene ring substituents is 1. The summed E-state index contributed by atoms with van der Waals surface area (Å²) < 4.78 is 26.6. The van der Waals surface area contributed by atoms with Gasteiger partial charge in [-0.15, -0.1) is 0 Å². The summed E-state index contributed by atoms with van der Waals surface area (Å²) in [7, 11) is -2.21. The SMILES string of the molecule is Cc1ccc(CN(C)S(=O)(=O)c2ccc([N+](=O)[O-])cc2C)cc1. The van der Waals surface area contributed by atoms with E-state index in [4.69, 9.17) is 0 Å². The van der Waals surface area contributed by atoms with Crippen LogP contribution in [0, 0.1) is 24.0 Å². The molecule has 2 aromatic carbocycles. The van der Waals surface area contributed by atoms with Crippen LogP contribution in [-0.2, 0) is 16.6 Å². The molecule has 6 nitrogen and oxygen atoms in total. The molecule has 0 spiro atoms. The minimum Gasteiger partial charge on any atom is -0.258 e. The summed E-state index contributed by atoms with van der Waals surface area (Å²) in [5.74, 6) is 0. The van der Waals surface area contributed by atoms with Gasteiger partial charge < -0.3 is 0 Å². The predicted molar refractivity (Wildman–Crippen MR) is 87.7 cm³/mol. The van der Waals surface area contributed by atoms with E-state index in [0.717, 1.165) is 11.1 Å². The lowest BCUT2D eigenvalue weighted by Crippen LogP contribution is -2.27. The normalized spacial score (nSPS) is 11.7. The van der Waals surface area contributed by atoms with E-state index in [1.165, 1.54) is 29.6 Å². The number of non-ortho nitro benzene ring substituents is 1. The first-order valence-electron chi connectivity index (χ1n) is 6.99. The first kappa shape index (κ1) is 17.1. The van der Waals surface area contributed by atoms with E-state index >= 15 is 0 Å². The molecule has 23 heavy (non-hydrogen) atoms. The van der Waals surface area contributed by atoms with Crippen molar-refractivity contribution in [2.75, 3.05) is 7.05 Å². The van der Waals surface area contributed by atoms with Crippen molar-refractivity contribution in [1.82, 2.24) is 4.31 Å². The second-order valence-electron chi connectivity index (χ2n) is 5.45. The number of aryl methyl sites for hydroxylation is 2. The lowest BCUT2D eigenvalue weighted by atomic mass is 10.1. The maximum Gasteiger partial charge on any atom is 0.269 e. The van der Waals surface area contributed by atoms with Crippen molar-refractivity contribution in [1.29, 1.82) is 0 Å². The van der Waals surface area contributed by atoms with Gasteiger partial charge in [0.1, 0.15) is 0 Å². The van der Waals surface area contributed by atoms with E-state index in [0.29, 0.717) is 5.56 Å². The molecule has 0 fully saturated rings. The number of sulfonamides is 1. The van der Waals surface area contributed by atoms with Gasteiger partial charge >= 0.3 is 0 Å². The number of nitrogens with zero attached hydrogens (tertiary/aromatic N) is 2. The highest BCUT2D eigenvalue weighted by molar-refractivity contribution is 7.89. The maximum atomic E-state index is 12.7.